The summed E-state index contributed by atoms with van der Waals surface area (Å²) in [5.41, 5.74) is 1.85. The quantitative estimate of drug-likeness (QED) is 0.641. The van der Waals surface area contributed by atoms with Crippen molar-refractivity contribution in [1.82, 2.24) is 5.32 Å². The summed E-state index contributed by atoms with van der Waals surface area (Å²) in [5.74, 6) is 0.711. The van der Waals surface area contributed by atoms with E-state index in [0.29, 0.717) is 6.61 Å². The van der Waals surface area contributed by atoms with E-state index in [4.69, 9.17) is 4.74 Å². The number of carbonyl (C=O) groups excluding carboxylic acids is 1. The van der Waals surface area contributed by atoms with Gasteiger partial charge in [0.15, 0.2) is 0 Å². The molecule has 19 heavy (non-hydrogen) atoms. The Kier molecular flexibility index (Phi) is 2.85. The number of nitrogens with one attached hydrogen (secondary N) is 1. The molecule has 0 spiro atoms. The number of rotatable bonds is 2. The molecule has 6 heteroatoms. The normalized spacial score (nSPS) is 25.4. The zero-order chi connectivity index (χ0) is 13.4. The van der Waals surface area contributed by atoms with Gasteiger partial charge in [-0.15, -0.1) is 0 Å². The first kappa shape index (κ1) is 12.0. The molecule has 1 aromatic carbocycles. The molecular formula is C13H14N2O4. The fourth-order valence-electron chi connectivity index (χ4n) is 2.72. The number of nitro groups is 1. The molecule has 0 aromatic heterocycles. The molecule has 2 aliphatic heterocycles. The van der Waals surface area contributed by atoms with Crippen LogP contribution in [0.15, 0.2) is 18.2 Å². The van der Waals surface area contributed by atoms with Crippen LogP contribution in [0.1, 0.15) is 30.0 Å². The summed E-state index contributed by atoms with van der Waals surface area (Å²) < 4.78 is 5.41. The minimum atomic E-state index is -0.752. The molecule has 6 nitrogen and oxygen atoms in total. The summed E-state index contributed by atoms with van der Waals surface area (Å²) in [6.07, 6.45) is 1.32. The maximum atomic E-state index is 11.5. The highest BCUT2D eigenvalue weighted by Gasteiger charge is 2.38. The van der Waals surface area contributed by atoms with Crippen LogP contribution in [0.5, 0.6) is 5.75 Å². The van der Waals surface area contributed by atoms with Crippen molar-refractivity contribution in [3.05, 3.63) is 39.4 Å². The van der Waals surface area contributed by atoms with E-state index in [1.54, 1.807) is 6.07 Å². The van der Waals surface area contributed by atoms with Crippen molar-refractivity contribution < 1.29 is 14.5 Å². The molecule has 2 aliphatic rings. The number of benzene rings is 1. The highest BCUT2D eigenvalue weighted by atomic mass is 16.6. The number of piperidine rings is 1. The second-order valence-electron chi connectivity index (χ2n) is 4.90. The first-order valence-corrected chi connectivity index (χ1v) is 6.33. The van der Waals surface area contributed by atoms with Gasteiger partial charge in [0.1, 0.15) is 11.8 Å². The van der Waals surface area contributed by atoms with Gasteiger partial charge in [0.05, 0.1) is 6.61 Å². The number of carbonyl (C=O) groups is 1. The Morgan fingerprint density at radius 2 is 2.21 bits per heavy atom. The topological polar surface area (TPSA) is 81.5 Å². The van der Waals surface area contributed by atoms with Crippen LogP contribution in [-0.4, -0.2) is 23.5 Å². The Morgan fingerprint density at radius 1 is 1.37 bits per heavy atom. The summed E-state index contributed by atoms with van der Waals surface area (Å²) in [4.78, 5) is 22.3. The molecule has 3 rings (SSSR count). The van der Waals surface area contributed by atoms with E-state index in [2.05, 4.69) is 5.32 Å². The fraction of sp³-hybridized carbons (Fsp3) is 0.462. The average Bonchev–Trinajstić information content (AvgIpc) is 2.85. The summed E-state index contributed by atoms with van der Waals surface area (Å²) in [6.45, 7) is 0.647. The molecule has 0 unspecified atom stereocenters. The zero-order valence-electron chi connectivity index (χ0n) is 10.3. The number of ether oxygens (including phenoxy) is 1. The Labute approximate surface area is 109 Å². The summed E-state index contributed by atoms with van der Waals surface area (Å²) >= 11 is 0. The third-order valence-corrected chi connectivity index (χ3v) is 3.71. The van der Waals surface area contributed by atoms with Crippen LogP contribution in [0, 0.1) is 10.1 Å². The van der Waals surface area contributed by atoms with Gasteiger partial charge in [0, 0.05) is 24.2 Å². The van der Waals surface area contributed by atoms with Gasteiger partial charge < -0.3 is 10.1 Å². The van der Waals surface area contributed by atoms with Crippen LogP contribution < -0.4 is 10.1 Å². The highest BCUT2D eigenvalue weighted by molar-refractivity contribution is 5.77. The Morgan fingerprint density at radius 3 is 3.00 bits per heavy atom. The molecule has 1 fully saturated rings. The van der Waals surface area contributed by atoms with Crippen LogP contribution in [0.2, 0.25) is 0 Å². The number of nitrogens with zero attached hydrogens (tertiary/aromatic N) is 1. The third-order valence-electron chi connectivity index (χ3n) is 3.71. The molecule has 2 atom stereocenters. The molecule has 0 bridgehead atoms. The SMILES string of the molecule is O=C1CC[C@H]([N+](=O)[O-])[C@H](c2ccc3c(c2)CCO3)N1. The lowest BCUT2D eigenvalue weighted by atomic mass is 9.91. The van der Waals surface area contributed by atoms with E-state index in [0.717, 1.165) is 23.3 Å². The second kappa shape index (κ2) is 4.53. The van der Waals surface area contributed by atoms with Gasteiger partial charge in [0.25, 0.3) is 0 Å². The Hall–Kier alpha value is -2.11. The third kappa shape index (κ3) is 2.14. The van der Waals surface area contributed by atoms with Gasteiger partial charge in [-0.3, -0.25) is 14.9 Å². The van der Waals surface area contributed by atoms with E-state index >= 15 is 0 Å². The van der Waals surface area contributed by atoms with Crippen molar-refractivity contribution in [3.63, 3.8) is 0 Å². The smallest absolute Gasteiger partial charge is 0.237 e. The maximum absolute atomic E-state index is 11.5. The van der Waals surface area contributed by atoms with E-state index in [1.807, 2.05) is 12.1 Å². The Balaban J connectivity index is 1.93. The molecule has 2 heterocycles. The molecule has 1 N–H and O–H groups in total. The highest BCUT2D eigenvalue weighted by Crippen LogP contribution is 2.32. The maximum Gasteiger partial charge on any atom is 0.237 e. The van der Waals surface area contributed by atoms with Crippen LogP contribution in [0.4, 0.5) is 0 Å². The standard InChI is InChI=1S/C13H14N2O4/c16-12-4-2-10(15(17)18)13(14-12)9-1-3-11-8(7-9)5-6-19-11/h1,3,7,10,13H,2,4-6H2,(H,14,16)/t10-,13-/m0/s1. The van der Waals surface area contributed by atoms with E-state index in [9.17, 15) is 14.9 Å². The number of hydrogen-bond donors (Lipinski definition) is 1. The molecular weight excluding hydrogens is 248 g/mol. The van der Waals surface area contributed by atoms with Gasteiger partial charge in [-0.25, -0.2) is 0 Å². The van der Waals surface area contributed by atoms with Crippen LogP contribution in [-0.2, 0) is 11.2 Å². The van der Waals surface area contributed by atoms with Gasteiger partial charge in [-0.2, -0.15) is 0 Å². The van der Waals surface area contributed by atoms with Crippen molar-refractivity contribution in [1.29, 1.82) is 0 Å². The van der Waals surface area contributed by atoms with Crippen molar-refractivity contribution >= 4 is 5.91 Å². The largest absolute Gasteiger partial charge is 0.493 e. The lowest BCUT2D eigenvalue weighted by Gasteiger charge is -2.27. The molecule has 100 valence electrons. The van der Waals surface area contributed by atoms with Crippen molar-refractivity contribution in [2.75, 3.05) is 6.61 Å². The van der Waals surface area contributed by atoms with Gasteiger partial charge >= 0.3 is 0 Å². The van der Waals surface area contributed by atoms with Crippen molar-refractivity contribution in [2.24, 2.45) is 0 Å². The number of amides is 1. The Bertz CT molecular complexity index is 543. The lowest BCUT2D eigenvalue weighted by molar-refractivity contribution is -0.529. The average molecular weight is 262 g/mol. The van der Waals surface area contributed by atoms with Crippen LogP contribution in [0.25, 0.3) is 0 Å². The second-order valence-corrected chi connectivity index (χ2v) is 4.90. The van der Waals surface area contributed by atoms with Gasteiger partial charge in [0.2, 0.25) is 11.9 Å². The number of fused-ring (bicyclic) bond motifs is 1. The summed E-state index contributed by atoms with van der Waals surface area (Å²) in [6, 6.07) is 4.25. The first-order chi connectivity index (χ1) is 9.15. The van der Waals surface area contributed by atoms with Gasteiger partial charge in [-0.05, 0) is 23.3 Å². The zero-order valence-corrected chi connectivity index (χ0v) is 10.3. The minimum Gasteiger partial charge on any atom is -0.493 e. The first-order valence-electron chi connectivity index (χ1n) is 6.33. The predicted octanol–water partition coefficient (Wildman–Crippen LogP) is 1.22. The van der Waals surface area contributed by atoms with Crippen LogP contribution in [0.3, 0.4) is 0 Å². The summed E-state index contributed by atoms with van der Waals surface area (Å²) in [5, 5.41) is 13.8. The van der Waals surface area contributed by atoms with Gasteiger partial charge in [-0.1, -0.05) is 6.07 Å². The molecule has 0 saturated carbocycles. The lowest BCUT2D eigenvalue weighted by Crippen LogP contribution is -2.45. The fourth-order valence-corrected chi connectivity index (χ4v) is 2.72. The summed E-state index contributed by atoms with van der Waals surface area (Å²) in [7, 11) is 0. The van der Waals surface area contributed by atoms with E-state index in [-0.39, 0.29) is 23.7 Å². The molecule has 1 amide bonds. The molecule has 0 aliphatic carbocycles. The minimum absolute atomic E-state index is 0.125. The van der Waals surface area contributed by atoms with Crippen molar-refractivity contribution in [3.8, 4) is 5.75 Å². The van der Waals surface area contributed by atoms with E-state index in [1.165, 1.54) is 0 Å². The van der Waals surface area contributed by atoms with E-state index < -0.39 is 12.1 Å². The van der Waals surface area contributed by atoms with Crippen molar-refractivity contribution in [2.45, 2.75) is 31.3 Å². The monoisotopic (exact) mass is 262 g/mol. The predicted molar refractivity (Wildman–Crippen MR) is 66.5 cm³/mol. The molecule has 0 radical (unpaired) electrons. The number of hydrogen-bond acceptors (Lipinski definition) is 4. The van der Waals surface area contributed by atoms with Crippen LogP contribution >= 0.6 is 0 Å². The molecule has 1 saturated heterocycles. The molecule has 1 aromatic rings.